The van der Waals surface area contributed by atoms with Gasteiger partial charge in [-0.2, -0.15) is 0 Å². The van der Waals surface area contributed by atoms with E-state index in [2.05, 4.69) is 17.6 Å². The van der Waals surface area contributed by atoms with Crippen LogP contribution in [0.25, 0.3) is 0 Å². The van der Waals surface area contributed by atoms with Gasteiger partial charge in [0.05, 0.1) is 0 Å². The second-order valence-corrected chi connectivity index (χ2v) is 7.09. The fourth-order valence-corrected chi connectivity index (χ4v) is 3.58. The van der Waals surface area contributed by atoms with Crippen molar-refractivity contribution in [3.8, 4) is 0 Å². The molecule has 0 aliphatic carbocycles. The van der Waals surface area contributed by atoms with Crippen LogP contribution in [0.2, 0.25) is 0 Å². The van der Waals surface area contributed by atoms with Gasteiger partial charge in [0.15, 0.2) is 5.78 Å². The third-order valence-corrected chi connectivity index (χ3v) is 5.14. The van der Waals surface area contributed by atoms with E-state index in [-0.39, 0.29) is 24.1 Å². The minimum atomic E-state index is -0.0372. The Kier molecular flexibility index (Phi) is 8.01. The molecule has 1 aliphatic heterocycles. The lowest BCUT2D eigenvalue weighted by atomic mass is 9.84. The highest BCUT2D eigenvalue weighted by molar-refractivity contribution is 6.09. The standard InChI is InChI=1S/C22H26N2O2.ClH/c1-16(17-10-12-23-13-11-17)14-21(25)24-20-9-5-8-19(15-20)22(26)18-6-3-2-4-7-18;/h2-9,15-17,23H,10-14H2,1H3,(H,24,25);1H. The Labute approximate surface area is 167 Å². The fourth-order valence-electron chi connectivity index (χ4n) is 3.58. The zero-order chi connectivity index (χ0) is 18.4. The first-order valence-electron chi connectivity index (χ1n) is 9.34. The van der Waals surface area contributed by atoms with Gasteiger partial charge in [0.25, 0.3) is 0 Å². The number of hydrogen-bond acceptors (Lipinski definition) is 3. The van der Waals surface area contributed by atoms with Crippen LogP contribution in [-0.2, 0) is 4.79 Å². The van der Waals surface area contributed by atoms with Gasteiger partial charge in [-0.25, -0.2) is 0 Å². The van der Waals surface area contributed by atoms with Crippen molar-refractivity contribution >= 4 is 29.8 Å². The van der Waals surface area contributed by atoms with E-state index in [1.165, 1.54) is 0 Å². The van der Waals surface area contributed by atoms with E-state index in [4.69, 9.17) is 0 Å². The van der Waals surface area contributed by atoms with Gasteiger partial charge < -0.3 is 10.6 Å². The average molecular weight is 387 g/mol. The fraction of sp³-hybridized carbons (Fsp3) is 0.364. The van der Waals surface area contributed by atoms with Crippen LogP contribution in [-0.4, -0.2) is 24.8 Å². The Morgan fingerprint density at radius 3 is 2.41 bits per heavy atom. The van der Waals surface area contributed by atoms with Crippen LogP contribution in [0, 0.1) is 11.8 Å². The predicted molar refractivity (Wildman–Crippen MR) is 112 cm³/mol. The third-order valence-electron chi connectivity index (χ3n) is 5.14. The van der Waals surface area contributed by atoms with Crippen LogP contribution < -0.4 is 10.6 Å². The number of anilines is 1. The monoisotopic (exact) mass is 386 g/mol. The molecule has 0 aromatic heterocycles. The molecule has 1 aliphatic rings. The number of rotatable bonds is 6. The van der Waals surface area contributed by atoms with Crippen molar-refractivity contribution in [2.45, 2.75) is 26.2 Å². The van der Waals surface area contributed by atoms with Crippen molar-refractivity contribution < 1.29 is 9.59 Å². The van der Waals surface area contributed by atoms with E-state index in [0.29, 0.717) is 35.1 Å². The molecule has 4 nitrogen and oxygen atoms in total. The number of halogens is 1. The van der Waals surface area contributed by atoms with Crippen molar-refractivity contribution in [3.05, 3.63) is 65.7 Å². The number of nitrogens with one attached hydrogen (secondary N) is 2. The van der Waals surface area contributed by atoms with E-state index < -0.39 is 0 Å². The number of piperidine rings is 1. The lowest BCUT2D eigenvalue weighted by Gasteiger charge is -2.27. The molecule has 2 aromatic carbocycles. The molecule has 2 aromatic rings. The molecule has 2 N–H and O–H groups in total. The molecule has 144 valence electrons. The molecule has 27 heavy (non-hydrogen) atoms. The number of amides is 1. The lowest BCUT2D eigenvalue weighted by Crippen LogP contribution is -2.32. The van der Waals surface area contributed by atoms with Gasteiger partial charge in [0, 0.05) is 23.2 Å². The van der Waals surface area contributed by atoms with Crippen LogP contribution in [0.4, 0.5) is 5.69 Å². The minimum Gasteiger partial charge on any atom is -0.326 e. The first-order valence-corrected chi connectivity index (χ1v) is 9.34. The number of ketones is 1. The van der Waals surface area contributed by atoms with Gasteiger partial charge in [-0.05, 0) is 49.9 Å². The van der Waals surface area contributed by atoms with Crippen molar-refractivity contribution in [1.82, 2.24) is 5.32 Å². The van der Waals surface area contributed by atoms with Crippen molar-refractivity contribution in [2.24, 2.45) is 11.8 Å². The molecule has 0 spiro atoms. The molecule has 1 fully saturated rings. The Balaban J connectivity index is 0.00000261. The number of carbonyl (C=O) groups excluding carboxylic acids is 2. The second kappa shape index (κ2) is 10.2. The smallest absolute Gasteiger partial charge is 0.224 e. The van der Waals surface area contributed by atoms with Crippen LogP contribution in [0.1, 0.15) is 42.1 Å². The summed E-state index contributed by atoms with van der Waals surface area (Å²) in [5.74, 6) is 0.948. The molecular weight excluding hydrogens is 360 g/mol. The maximum Gasteiger partial charge on any atom is 0.224 e. The summed E-state index contributed by atoms with van der Waals surface area (Å²) < 4.78 is 0. The van der Waals surface area contributed by atoms with E-state index in [9.17, 15) is 9.59 Å². The molecule has 1 heterocycles. The first-order chi connectivity index (χ1) is 12.6. The van der Waals surface area contributed by atoms with Crippen LogP contribution >= 0.6 is 12.4 Å². The van der Waals surface area contributed by atoms with Gasteiger partial charge in [0.1, 0.15) is 0 Å². The van der Waals surface area contributed by atoms with Crippen LogP contribution in [0.15, 0.2) is 54.6 Å². The van der Waals surface area contributed by atoms with E-state index in [1.807, 2.05) is 30.3 Å². The molecule has 1 saturated heterocycles. The highest BCUT2D eigenvalue weighted by Crippen LogP contribution is 2.25. The molecule has 5 heteroatoms. The molecule has 1 atom stereocenters. The summed E-state index contributed by atoms with van der Waals surface area (Å²) in [6.45, 7) is 4.24. The number of benzene rings is 2. The Bertz CT molecular complexity index is 758. The Hall–Kier alpha value is -2.17. The molecule has 0 bridgehead atoms. The summed E-state index contributed by atoms with van der Waals surface area (Å²) in [7, 11) is 0. The van der Waals surface area contributed by atoms with Gasteiger partial charge >= 0.3 is 0 Å². The predicted octanol–water partition coefficient (Wildman–Crippen LogP) is 4.30. The van der Waals surface area contributed by atoms with Gasteiger partial charge in [-0.3, -0.25) is 9.59 Å². The molecule has 1 unspecified atom stereocenters. The van der Waals surface area contributed by atoms with E-state index >= 15 is 0 Å². The third kappa shape index (κ3) is 5.91. The molecule has 0 saturated carbocycles. The molecule has 3 rings (SSSR count). The first kappa shape index (κ1) is 21.1. The van der Waals surface area contributed by atoms with Crippen molar-refractivity contribution in [2.75, 3.05) is 18.4 Å². The Morgan fingerprint density at radius 2 is 1.70 bits per heavy atom. The van der Waals surface area contributed by atoms with Crippen molar-refractivity contribution in [3.63, 3.8) is 0 Å². The second-order valence-electron chi connectivity index (χ2n) is 7.09. The summed E-state index contributed by atoms with van der Waals surface area (Å²) in [5, 5.41) is 6.31. The number of carbonyl (C=O) groups is 2. The maximum absolute atomic E-state index is 12.5. The molecular formula is C22H27ClN2O2. The van der Waals surface area contributed by atoms with E-state index in [1.54, 1.807) is 24.3 Å². The highest BCUT2D eigenvalue weighted by Gasteiger charge is 2.22. The highest BCUT2D eigenvalue weighted by atomic mass is 35.5. The SMILES string of the molecule is CC(CC(=O)Nc1cccc(C(=O)c2ccccc2)c1)C1CCNCC1.Cl. The van der Waals surface area contributed by atoms with Crippen LogP contribution in [0.3, 0.4) is 0 Å². The zero-order valence-electron chi connectivity index (χ0n) is 15.6. The normalized spacial score (nSPS) is 15.4. The largest absolute Gasteiger partial charge is 0.326 e. The maximum atomic E-state index is 12.5. The van der Waals surface area contributed by atoms with Crippen molar-refractivity contribution in [1.29, 1.82) is 0 Å². The zero-order valence-corrected chi connectivity index (χ0v) is 16.4. The van der Waals surface area contributed by atoms with Gasteiger partial charge in [0.2, 0.25) is 5.91 Å². The summed E-state index contributed by atoms with van der Waals surface area (Å²) in [5.41, 5.74) is 1.91. The molecule has 0 radical (unpaired) electrons. The summed E-state index contributed by atoms with van der Waals surface area (Å²) in [4.78, 5) is 25.0. The molecule has 1 amide bonds. The topological polar surface area (TPSA) is 58.2 Å². The van der Waals surface area contributed by atoms with Gasteiger partial charge in [-0.1, -0.05) is 49.4 Å². The summed E-state index contributed by atoms with van der Waals surface area (Å²) in [6.07, 6.45) is 2.78. The summed E-state index contributed by atoms with van der Waals surface area (Å²) in [6, 6.07) is 16.4. The van der Waals surface area contributed by atoms with E-state index in [0.717, 1.165) is 25.9 Å². The lowest BCUT2D eigenvalue weighted by molar-refractivity contribution is -0.117. The van der Waals surface area contributed by atoms with Crippen LogP contribution in [0.5, 0.6) is 0 Å². The average Bonchev–Trinajstić information content (AvgIpc) is 2.69. The minimum absolute atomic E-state index is 0. The number of hydrogen-bond donors (Lipinski definition) is 2. The Morgan fingerprint density at radius 1 is 1.04 bits per heavy atom. The van der Waals surface area contributed by atoms with Gasteiger partial charge in [-0.15, -0.1) is 12.4 Å². The quantitative estimate of drug-likeness (QED) is 0.727. The summed E-state index contributed by atoms with van der Waals surface area (Å²) >= 11 is 0.